The SMILES string of the molecule is C[C@@H]1[C@@H]([C@H](O)c2ccccc2)C(=O)N([C@@H](C)c2ccccc2)CN1C(=O)OCc1ccccc1. The van der Waals surface area contributed by atoms with Crippen molar-refractivity contribution in [2.45, 2.75) is 38.6 Å². The lowest BCUT2D eigenvalue weighted by molar-refractivity contribution is -0.156. The monoisotopic (exact) mass is 458 g/mol. The molecule has 0 aliphatic carbocycles. The molecule has 0 spiro atoms. The quantitative estimate of drug-likeness (QED) is 0.569. The number of ether oxygens (including phenoxy) is 1. The molecule has 3 aromatic carbocycles. The highest BCUT2D eigenvalue weighted by Crippen LogP contribution is 2.36. The standard InChI is InChI=1S/C28H30N2O4/c1-20(23-14-8-4-9-15-23)29-19-30(28(33)34-18-22-12-6-3-7-13-22)21(2)25(27(29)32)26(31)24-16-10-5-11-17-24/h3-17,20-21,25-26,31H,18-19H2,1-2H3/t20-,21+,25-,26+/m0/s1. The van der Waals surface area contributed by atoms with Crippen LogP contribution >= 0.6 is 0 Å². The van der Waals surface area contributed by atoms with Crippen molar-refractivity contribution >= 4 is 12.0 Å². The van der Waals surface area contributed by atoms with E-state index in [1.54, 1.807) is 28.9 Å². The van der Waals surface area contributed by atoms with Crippen molar-refractivity contribution in [3.8, 4) is 0 Å². The largest absolute Gasteiger partial charge is 0.444 e. The van der Waals surface area contributed by atoms with Gasteiger partial charge in [-0.15, -0.1) is 0 Å². The fourth-order valence-electron chi connectivity index (χ4n) is 4.46. The van der Waals surface area contributed by atoms with E-state index in [-0.39, 0.29) is 25.2 Å². The molecule has 1 N–H and O–H groups in total. The Hall–Kier alpha value is -3.64. The first-order chi connectivity index (χ1) is 16.5. The van der Waals surface area contributed by atoms with Crippen molar-refractivity contribution in [3.63, 3.8) is 0 Å². The molecule has 176 valence electrons. The molecule has 0 saturated carbocycles. The third-order valence-electron chi connectivity index (χ3n) is 6.55. The van der Waals surface area contributed by atoms with Crippen molar-refractivity contribution in [1.82, 2.24) is 9.80 Å². The summed E-state index contributed by atoms with van der Waals surface area (Å²) in [5.41, 5.74) is 2.47. The second kappa shape index (κ2) is 10.5. The zero-order valence-electron chi connectivity index (χ0n) is 19.5. The second-order valence-corrected chi connectivity index (χ2v) is 8.67. The predicted molar refractivity (Wildman–Crippen MR) is 129 cm³/mol. The molecule has 0 radical (unpaired) electrons. The number of aliphatic hydroxyl groups excluding tert-OH is 1. The molecule has 4 rings (SSSR count). The van der Waals surface area contributed by atoms with Crippen molar-refractivity contribution < 1.29 is 19.4 Å². The van der Waals surface area contributed by atoms with Crippen LogP contribution in [0, 0.1) is 5.92 Å². The number of benzene rings is 3. The number of nitrogens with zero attached hydrogens (tertiary/aromatic N) is 2. The highest BCUT2D eigenvalue weighted by atomic mass is 16.6. The number of hydrogen-bond acceptors (Lipinski definition) is 4. The zero-order valence-corrected chi connectivity index (χ0v) is 19.5. The minimum absolute atomic E-state index is 0.0850. The van der Waals surface area contributed by atoms with Gasteiger partial charge in [0, 0.05) is 6.04 Å². The number of aliphatic hydroxyl groups is 1. The maximum Gasteiger partial charge on any atom is 0.411 e. The van der Waals surface area contributed by atoms with Gasteiger partial charge in [-0.05, 0) is 30.5 Å². The topological polar surface area (TPSA) is 70.1 Å². The molecule has 1 heterocycles. The van der Waals surface area contributed by atoms with Gasteiger partial charge in [0.2, 0.25) is 5.91 Å². The lowest BCUT2D eigenvalue weighted by atomic mass is 9.85. The van der Waals surface area contributed by atoms with Gasteiger partial charge in [-0.25, -0.2) is 4.79 Å². The summed E-state index contributed by atoms with van der Waals surface area (Å²) in [7, 11) is 0. The molecule has 34 heavy (non-hydrogen) atoms. The Bertz CT molecular complexity index is 1090. The van der Waals surface area contributed by atoms with Crippen molar-refractivity contribution in [2.75, 3.05) is 6.67 Å². The molecule has 6 heteroatoms. The van der Waals surface area contributed by atoms with Crippen LogP contribution in [0.1, 0.15) is 42.7 Å². The van der Waals surface area contributed by atoms with Crippen molar-refractivity contribution in [3.05, 3.63) is 108 Å². The van der Waals surface area contributed by atoms with E-state index in [1.807, 2.05) is 85.8 Å². The number of rotatable bonds is 6. The summed E-state index contributed by atoms with van der Waals surface area (Å²) in [6.07, 6.45) is -1.57. The first-order valence-electron chi connectivity index (χ1n) is 11.5. The van der Waals surface area contributed by atoms with Crippen LogP contribution in [0.25, 0.3) is 0 Å². The average Bonchev–Trinajstić information content (AvgIpc) is 2.88. The number of carbonyl (C=O) groups is 2. The third kappa shape index (κ3) is 4.97. The van der Waals surface area contributed by atoms with Crippen LogP contribution in [0.3, 0.4) is 0 Å². The lowest BCUT2D eigenvalue weighted by Gasteiger charge is -2.47. The minimum atomic E-state index is -1.06. The van der Waals surface area contributed by atoms with E-state index in [0.29, 0.717) is 5.56 Å². The van der Waals surface area contributed by atoms with E-state index in [4.69, 9.17) is 4.74 Å². The predicted octanol–water partition coefficient (Wildman–Crippen LogP) is 4.92. The van der Waals surface area contributed by atoms with Gasteiger partial charge in [-0.2, -0.15) is 0 Å². The summed E-state index contributed by atoms with van der Waals surface area (Å²) >= 11 is 0. The summed E-state index contributed by atoms with van der Waals surface area (Å²) in [5, 5.41) is 11.2. The molecule has 1 saturated heterocycles. The van der Waals surface area contributed by atoms with Gasteiger partial charge in [0.25, 0.3) is 0 Å². The molecule has 1 fully saturated rings. The van der Waals surface area contributed by atoms with Crippen LogP contribution in [0.2, 0.25) is 0 Å². The van der Waals surface area contributed by atoms with Gasteiger partial charge >= 0.3 is 6.09 Å². The van der Waals surface area contributed by atoms with Crippen LogP contribution in [0.15, 0.2) is 91.0 Å². The Morgan fingerprint density at radius 2 is 1.47 bits per heavy atom. The lowest BCUT2D eigenvalue weighted by Crippen LogP contribution is -2.61. The minimum Gasteiger partial charge on any atom is -0.444 e. The fraction of sp³-hybridized carbons (Fsp3) is 0.286. The van der Waals surface area contributed by atoms with Gasteiger partial charge in [-0.1, -0.05) is 91.0 Å². The summed E-state index contributed by atoms with van der Waals surface area (Å²) in [4.78, 5) is 30.1. The molecule has 1 aliphatic rings. The van der Waals surface area contributed by atoms with E-state index in [0.717, 1.165) is 11.1 Å². The van der Waals surface area contributed by atoms with Crippen molar-refractivity contribution in [2.24, 2.45) is 5.92 Å². The van der Waals surface area contributed by atoms with E-state index in [9.17, 15) is 14.7 Å². The maximum atomic E-state index is 13.7. The number of carbonyl (C=O) groups excluding carboxylic acids is 2. The summed E-state index contributed by atoms with van der Waals surface area (Å²) < 4.78 is 5.61. The normalized spacial score (nSPS) is 20.0. The average molecular weight is 459 g/mol. The van der Waals surface area contributed by atoms with Gasteiger partial charge in [0.15, 0.2) is 0 Å². The molecule has 2 amide bonds. The van der Waals surface area contributed by atoms with E-state index < -0.39 is 24.2 Å². The van der Waals surface area contributed by atoms with Gasteiger partial charge in [0.05, 0.1) is 24.7 Å². The molecule has 0 unspecified atom stereocenters. The third-order valence-corrected chi connectivity index (χ3v) is 6.55. The molecule has 0 aromatic heterocycles. The Morgan fingerprint density at radius 3 is 2.06 bits per heavy atom. The Labute approximate surface area is 200 Å². The van der Waals surface area contributed by atoms with Gasteiger partial charge in [-0.3, -0.25) is 9.69 Å². The molecule has 0 bridgehead atoms. The molecular formula is C28H30N2O4. The highest BCUT2D eigenvalue weighted by Gasteiger charge is 2.46. The smallest absolute Gasteiger partial charge is 0.411 e. The maximum absolute atomic E-state index is 13.7. The molecular weight excluding hydrogens is 428 g/mol. The Balaban J connectivity index is 1.62. The van der Waals surface area contributed by atoms with E-state index in [1.165, 1.54) is 0 Å². The summed E-state index contributed by atoms with van der Waals surface area (Å²) in [5.74, 6) is -1.01. The molecule has 3 aromatic rings. The zero-order chi connectivity index (χ0) is 24.1. The van der Waals surface area contributed by atoms with E-state index >= 15 is 0 Å². The van der Waals surface area contributed by atoms with Crippen LogP contribution in [0.5, 0.6) is 0 Å². The summed E-state index contributed by atoms with van der Waals surface area (Å²) in [6.45, 7) is 3.95. The first kappa shape index (κ1) is 23.5. The highest BCUT2D eigenvalue weighted by molar-refractivity contribution is 5.83. The second-order valence-electron chi connectivity index (χ2n) is 8.67. The molecule has 4 atom stereocenters. The van der Waals surface area contributed by atoms with Crippen LogP contribution < -0.4 is 0 Å². The van der Waals surface area contributed by atoms with Gasteiger partial charge in [0.1, 0.15) is 6.61 Å². The first-order valence-corrected chi connectivity index (χ1v) is 11.5. The number of hydrogen-bond donors (Lipinski definition) is 1. The number of amides is 2. The van der Waals surface area contributed by atoms with E-state index in [2.05, 4.69) is 0 Å². The van der Waals surface area contributed by atoms with Crippen molar-refractivity contribution in [1.29, 1.82) is 0 Å². The van der Waals surface area contributed by atoms with Crippen LogP contribution in [-0.2, 0) is 16.1 Å². The Kier molecular flexibility index (Phi) is 7.28. The summed E-state index contributed by atoms with van der Waals surface area (Å²) in [6, 6.07) is 27.4. The molecule has 6 nitrogen and oxygen atoms in total. The fourth-order valence-corrected chi connectivity index (χ4v) is 4.46. The molecule has 1 aliphatic heterocycles. The van der Waals surface area contributed by atoms with Crippen LogP contribution in [0.4, 0.5) is 4.79 Å². The Morgan fingerprint density at radius 1 is 0.941 bits per heavy atom. The van der Waals surface area contributed by atoms with Gasteiger partial charge < -0.3 is 14.7 Å². The van der Waals surface area contributed by atoms with Crippen LogP contribution in [-0.4, -0.2) is 39.6 Å².